The number of urea groups is 1. The minimum Gasteiger partial charge on any atom is -0.478 e. The van der Waals surface area contributed by atoms with Crippen LogP contribution >= 0.6 is 0 Å². The Bertz CT molecular complexity index is 494. The molecule has 0 aliphatic heterocycles. The topological polar surface area (TPSA) is 78.4 Å². The van der Waals surface area contributed by atoms with Gasteiger partial charge in [0.15, 0.2) is 0 Å². The molecule has 1 aliphatic rings. The molecule has 1 aliphatic carbocycles. The molecule has 21 heavy (non-hydrogen) atoms. The summed E-state index contributed by atoms with van der Waals surface area (Å²) in [5.74, 6) is -1.00. The maximum atomic E-state index is 12.0. The molecule has 114 valence electrons. The molecule has 0 unspecified atom stereocenters. The second kappa shape index (κ2) is 7.67. The van der Waals surface area contributed by atoms with Crippen LogP contribution in [-0.2, 0) is 0 Å². The molecule has 0 heterocycles. The van der Waals surface area contributed by atoms with Crippen molar-refractivity contribution in [1.29, 1.82) is 0 Å². The van der Waals surface area contributed by atoms with E-state index in [1.807, 2.05) is 0 Å². The number of anilines is 1. The summed E-state index contributed by atoms with van der Waals surface area (Å²) < 4.78 is 0. The fourth-order valence-corrected chi connectivity index (χ4v) is 2.68. The van der Waals surface area contributed by atoms with Crippen molar-refractivity contribution in [3.63, 3.8) is 0 Å². The number of carboxylic acid groups (broad SMARTS) is 1. The smallest absolute Gasteiger partial charge is 0.335 e. The van der Waals surface area contributed by atoms with E-state index in [2.05, 4.69) is 10.6 Å². The lowest BCUT2D eigenvalue weighted by molar-refractivity contribution is 0.0697. The maximum absolute atomic E-state index is 12.0. The second-order valence-corrected chi connectivity index (χ2v) is 5.53. The molecular weight excluding hydrogens is 268 g/mol. The minimum absolute atomic E-state index is 0.166. The van der Waals surface area contributed by atoms with E-state index >= 15 is 0 Å². The molecule has 5 nitrogen and oxygen atoms in total. The summed E-state index contributed by atoms with van der Waals surface area (Å²) in [6.45, 7) is 0. The van der Waals surface area contributed by atoms with Gasteiger partial charge in [-0.3, -0.25) is 0 Å². The average Bonchev–Trinajstić information content (AvgIpc) is 2.42. The minimum atomic E-state index is -1.00. The summed E-state index contributed by atoms with van der Waals surface area (Å²) in [6.07, 6.45) is 8.10. The first-order chi connectivity index (χ1) is 10.1. The molecule has 1 saturated carbocycles. The van der Waals surface area contributed by atoms with Crippen molar-refractivity contribution in [2.75, 3.05) is 5.32 Å². The van der Waals surface area contributed by atoms with E-state index in [9.17, 15) is 9.59 Å². The largest absolute Gasteiger partial charge is 0.478 e. The van der Waals surface area contributed by atoms with Crippen LogP contribution in [0.1, 0.15) is 55.3 Å². The zero-order valence-corrected chi connectivity index (χ0v) is 12.1. The maximum Gasteiger partial charge on any atom is 0.335 e. The van der Waals surface area contributed by atoms with E-state index < -0.39 is 5.97 Å². The van der Waals surface area contributed by atoms with Gasteiger partial charge in [0.2, 0.25) is 0 Å². The Balaban J connectivity index is 1.88. The number of carboxylic acids is 1. The predicted octanol–water partition coefficient (Wildman–Crippen LogP) is 3.62. The lowest BCUT2D eigenvalue weighted by Gasteiger charge is -2.21. The molecule has 3 N–H and O–H groups in total. The third kappa shape index (κ3) is 5.10. The van der Waals surface area contributed by atoms with Gasteiger partial charge in [0.1, 0.15) is 0 Å². The van der Waals surface area contributed by atoms with Gasteiger partial charge in [0.05, 0.1) is 5.56 Å². The average molecular weight is 290 g/mol. The van der Waals surface area contributed by atoms with Crippen LogP contribution in [0.3, 0.4) is 0 Å². The van der Waals surface area contributed by atoms with Crippen molar-refractivity contribution in [3.8, 4) is 0 Å². The molecule has 0 aromatic heterocycles. The standard InChI is InChI=1S/C16H22N2O3/c19-15(20)12-7-6-10-14(11-12)18-16(21)17-13-8-4-2-1-3-5-9-13/h6-7,10-11,13H,1-5,8-9H2,(H,19,20)(H2,17,18,21). The Hall–Kier alpha value is -2.04. The highest BCUT2D eigenvalue weighted by atomic mass is 16.4. The SMILES string of the molecule is O=C(Nc1cccc(C(=O)O)c1)NC1CCCCCCC1. The summed E-state index contributed by atoms with van der Waals surface area (Å²) in [4.78, 5) is 22.9. The van der Waals surface area contributed by atoms with Crippen LogP contribution in [0.5, 0.6) is 0 Å². The van der Waals surface area contributed by atoms with Crippen molar-refractivity contribution in [3.05, 3.63) is 29.8 Å². The summed E-state index contributed by atoms with van der Waals surface area (Å²) >= 11 is 0. The van der Waals surface area contributed by atoms with Gasteiger partial charge in [-0.2, -0.15) is 0 Å². The molecular formula is C16H22N2O3. The predicted molar refractivity (Wildman–Crippen MR) is 81.7 cm³/mol. The van der Waals surface area contributed by atoms with E-state index in [0.717, 1.165) is 25.7 Å². The van der Waals surface area contributed by atoms with Gasteiger partial charge in [0, 0.05) is 11.7 Å². The van der Waals surface area contributed by atoms with E-state index in [-0.39, 0.29) is 17.6 Å². The molecule has 0 bridgehead atoms. The van der Waals surface area contributed by atoms with Crippen molar-refractivity contribution in [2.45, 2.75) is 51.0 Å². The van der Waals surface area contributed by atoms with E-state index in [0.29, 0.717) is 5.69 Å². The first-order valence-electron chi connectivity index (χ1n) is 7.56. The van der Waals surface area contributed by atoms with E-state index in [1.54, 1.807) is 12.1 Å². The van der Waals surface area contributed by atoms with Gasteiger partial charge in [0.25, 0.3) is 0 Å². The van der Waals surface area contributed by atoms with Crippen molar-refractivity contribution in [2.24, 2.45) is 0 Å². The van der Waals surface area contributed by atoms with Crippen molar-refractivity contribution >= 4 is 17.7 Å². The number of aromatic carboxylic acids is 1. The Morgan fingerprint density at radius 3 is 2.38 bits per heavy atom. The third-order valence-electron chi connectivity index (χ3n) is 3.81. The third-order valence-corrected chi connectivity index (χ3v) is 3.81. The first kappa shape index (κ1) is 15.4. The Kier molecular flexibility index (Phi) is 5.60. The van der Waals surface area contributed by atoms with Gasteiger partial charge in [-0.15, -0.1) is 0 Å². The van der Waals surface area contributed by atoms with Crippen LogP contribution in [0.25, 0.3) is 0 Å². The molecule has 2 rings (SSSR count). The molecule has 2 amide bonds. The first-order valence-corrected chi connectivity index (χ1v) is 7.56. The summed E-state index contributed by atoms with van der Waals surface area (Å²) in [5.41, 5.74) is 0.664. The van der Waals surface area contributed by atoms with Crippen molar-refractivity contribution < 1.29 is 14.7 Å². The van der Waals surface area contributed by atoms with Gasteiger partial charge >= 0.3 is 12.0 Å². The number of hydrogen-bond donors (Lipinski definition) is 3. The Morgan fingerprint density at radius 2 is 1.71 bits per heavy atom. The fourth-order valence-electron chi connectivity index (χ4n) is 2.68. The highest BCUT2D eigenvalue weighted by Crippen LogP contribution is 2.17. The second-order valence-electron chi connectivity index (χ2n) is 5.53. The van der Waals surface area contributed by atoms with Gasteiger partial charge in [-0.25, -0.2) is 9.59 Å². The lowest BCUT2D eigenvalue weighted by atomic mass is 9.97. The van der Waals surface area contributed by atoms with Crippen LogP contribution in [-0.4, -0.2) is 23.1 Å². The highest BCUT2D eigenvalue weighted by Gasteiger charge is 2.14. The number of amides is 2. The normalized spacial score (nSPS) is 16.6. The molecule has 5 heteroatoms. The van der Waals surface area contributed by atoms with Crippen LogP contribution in [0.4, 0.5) is 10.5 Å². The summed E-state index contributed by atoms with van der Waals surface area (Å²) in [5, 5.41) is 14.6. The molecule has 0 spiro atoms. The number of carbonyl (C=O) groups is 2. The van der Waals surface area contributed by atoms with Gasteiger partial charge < -0.3 is 15.7 Å². The Labute approximate surface area is 124 Å². The highest BCUT2D eigenvalue weighted by molar-refractivity contribution is 5.93. The van der Waals surface area contributed by atoms with Gasteiger partial charge in [-0.1, -0.05) is 38.2 Å². The number of nitrogens with one attached hydrogen (secondary N) is 2. The monoisotopic (exact) mass is 290 g/mol. The van der Waals surface area contributed by atoms with Crippen LogP contribution in [0.15, 0.2) is 24.3 Å². The zero-order valence-electron chi connectivity index (χ0n) is 12.1. The molecule has 0 saturated heterocycles. The molecule has 1 aromatic carbocycles. The summed E-state index contributed by atoms with van der Waals surface area (Å²) in [6, 6.07) is 6.22. The number of hydrogen-bond acceptors (Lipinski definition) is 2. The Morgan fingerprint density at radius 1 is 1.05 bits per heavy atom. The van der Waals surface area contributed by atoms with Gasteiger partial charge in [-0.05, 0) is 31.0 Å². The zero-order chi connectivity index (χ0) is 15.1. The fraction of sp³-hybridized carbons (Fsp3) is 0.500. The van der Waals surface area contributed by atoms with E-state index in [1.165, 1.54) is 31.4 Å². The number of rotatable bonds is 3. The van der Waals surface area contributed by atoms with Crippen LogP contribution in [0, 0.1) is 0 Å². The quantitative estimate of drug-likeness (QED) is 0.795. The van der Waals surface area contributed by atoms with Crippen LogP contribution < -0.4 is 10.6 Å². The lowest BCUT2D eigenvalue weighted by Crippen LogP contribution is -2.38. The van der Waals surface area contributed by atoms with Crippen molar-refractivity contribution in [1.82, 2.24) is 5.32 Å². The number of carbonyl (C=O) groups excluding carboxylic acids is 1. The molecule has 1 fully saturated rings. The van der Waals surface area contributed by atoms with E-state index in [4.69, 9.17) is 5.11 Å². The number of benzene rings is 1. The summed E-state index contributed by atoms with van der Waals surface area (Å²) in [7, 11) is 0. The molecule has 1 aromatic rings. The molecule has 0 atom stereocenters. The van der Waals surface area contributed by atoms with Crippen LogP contribution in [0.2, 0.25) is 0 Å². The molecule has 0 radical (unpaired) electrons.